The quantitative estimate of drug-likeness (QED) is 0.177. The Bertz CT molecular complexity index is 2790. The molecule has 52 heavy (non-hydrogen) atoms. The fourth-order valence-corrected chi connectivity index (χ4v) is 7.46. The highest BCUT2D eigenvalue weighted by Gasteiger charge is 2.18. The Morgan fingerprint density at radius 1 is 0.346 bits per heavy atom. The number of rotatable bonds is 6. The molecule has 0 aliphatic rings. The van der Waals surface area contributed by atoms with Crippen molar-refractivity contribution in [2.24, 2.45) is 0 Å². The maximum atomic E-state index is 5.07. The van der Waals surface area contributed by atoms with Crippen LogP contribution in [0.4, 0.5) is 0 Å². The molecule has 0 N–H and O–H groups in total. The zero-order valence-corrected chi connectivity index (χ0v) is 28.3. The van der Waals surface area contributed by atoms with Gasteiger partial charge in [0, 0.05) is 50.4 Å². The summed E-state index contributed by atoms with van der Waals surface area (Å²) in [5.74, 6) is 0.701. The molecule has 0 amide bonds. The lowest BCUT2D eigenvalue weighted by Gasteiger charge is -2.12. The largest absolute Gasteiger partial charge is 0.316 e. The SMILES string of the molecule is c1ccc(-c2ccc(-n3ccc4c3ccc3c5ccccc5n(-c5ccc(-c6nc(-c7ccccc7)cc(-c7ccccc7)n6)cc5)c34)cc2)cc1. The number of hydrogen-bond acceptors (Lipinski definition) is 2. The van der Waals surface area contributed by atoms with Gasteiger partial charge in [-0.3, -0.25) is 0 Å². The average molecular weight is 665 g/mol. The number of aromatic nitrogens is 4. The van der Waals surface area contributed by atoms with Crippen LogP contribution in [0.3, 0.4) is 0 Å². The van der Waals surface area contributed by atoms with Gasteiger partial charge in [0.15, 0.2) is 5.82 Å². The second kappa shape index (κ2) is 12.4. The van der Waals surface area contributed by atoms with Gasteiger partial charge in [-0.1, -0.05) is 127 Å². The van der Waals surface area contributed by atoms with E-state index in [0.717, 1.165) is 39.5 Å². The monoisotopic (exact) mass is 664 g/mol. The second-order valence-corrected chi connectivity index (χ2v) is 13.1. The van der Waals surface area contributed by atoms with Crippen LogP contribution in [0, 0.1) is 0 Å². The molecule has 3 heterocycles. The standard InChI is InChI=1S/C48H32N4/c1-4-12-33(13-5-1)34-20-24-38(25-21-34)51-31-30-42-45(51)29-28-41-40-18-10-11-19-46(40)52(47(41)42)39-26-22-37(23-27-39)48-49-43(35-14-6-2-7-15-35)32-44(50-48)36-16-8-3-9-17-36/h1-32H. The molecule has 3 aromatic heterocycles. The summed E-state index contributed by atoms with van der Waals surface area (Å²) in [4.78, 5) is 10.1. The van der Waals surface area contributed by atoms with Gasteiger partial charge in [-0.05, 0) is 71.8 Å². The van der Waals surface area contributed by atoms with Crippen molar-refractivity contribution < 1.29 is 0 Å². The van der Waals surface area contributed by atoms with E-state index in [-0.39, 0.29) is 0 Å². The van der Waals surface area contributed by atoms with Gasteiger partial charge in [0.2, 0.25) is 0 Å². The Labute approximate surface area is 301 Å². The lowest BCUT2D eigenvalue weighted by Crippen LogP contribution is -1.97. The number of fused-ring (bicyclic) bond motifs is 5. The molecule has 0 aliphatic carbocycles. The van der Waals surface area contributed by atoms with Crippen molar-refractivity contribution in [3.8, 4) is 56.4 Å². The van der Waals surface area contributed by atoms with E-state index in [1.54, 1.807) is 0 Å². The van der Waals surface area contributed by atoms with Crippen molar-refractivity contribution in [2.45, 2.75) is 0 Å². The Hall–Kier alpha value is -7.04. The van der Waals surface area contributed by atoms with Crippen molar-refractivity contribution >= 4 is 32.7 Å². The Morgan fingerprint density at radius 3 is 1.54 bits per heavy atom. The molecule has 10 rings (SSSR count). The number of nitrogens with zero attached hydrogens (tertiary/aromatic N) is 4. The van der Waals surface area contributed by atoms with Crippen LogP contribution in [0.2, 0.25) is 0 Å². The molecule has 0 spiro atoms. The second-order valence-electron chi connectivity index (χ2n) is 13.1. The number of hydrogen-bond donors (Lipinski definition) is 0. The van der Waals surface area contributed by atoms with E-state index in [0.29, 0.717) is 5.82 Å². The van der Waals surface area contributed by atoms with Gasteiger partial charge in [-0.25, -0.2) is 9.97 Å². The third kappa shape index (κ3) is 5.09. The zero-order valence-electron chi connectivity index (χ0n) is 28.3. The van der Waals surface area contributed by atoms with E-state index in [1.165, 1.54) is 43.8 Å². The Morgan fingerprint density at radius 2 is 0.885 bits per heavy atom. The molecule has 0 radical (unpaired) electrons. The van der Waals surface area contributed by atoms with Gasteiger partial charge in [0.1, 0.15) is 0 Å². The van der Waals surface area contributed by atoms with E-state index in [4.69, 9.17) is 9.97 Å². The molecular weight excluding hydrogens is 633 g/mol. The van der Waals surface area contributed by atoms with Crippen LogP contribution in [0.15, 0.2) is 194 Å². The maximum Gasteiger partial charge on any atom is 0.160 e. The smallest absolute Gasteiger partial charge is 0.160 e. The van der Waals surface area contributed by atoms with Crippen molar-refractivity contribution in [1.29, 1.82) is 0 Å². The molecule has 0 fully saturated rings. The van der Waals surface area contributed by atoms with Gasteiger partial charge in [-0.2, -0.15) is 0 Å². The summed E-state index contributed by atoms with van der Waals surface area (Å²) in [7, 11) is 0. The highest BCUT2D eigenvalue weighted by atomic mass is 15.0. The normalized spacial score (nSPS) is 11.5. The topological polar surface area (TPSA) is 35.6 Å². The molecule has 0 saturated heterocycles. The molecule has 10 aromatic rings. The molecule has 0 bridgehead atoms. The van der Waals surface area contributed by atoms with Crippen LogP contribution in [-0.4, -0.2) is 19.1 Å². The first kappa shape index (κ1) is 29.8. The zero-order chi connectivity index (χ0) is 34.4. The Balaban J connectivity index is 1.09. The molecule has 4 nitrogen and oxygen atoms in total. The number of benzene rings is 7. The minimum Gasteiger partial charge on any atom is -0.316 e. The van der Waals surface area contributed by atoms with Crippen LogP contribution in [-0.2, 0) is 0 Å². The van der Waals surface area contributed by atoms with Crippen molar-refractivity contribution in [3.05, 3.63) is 194 Å². The summed E-state index contributed by atoms with van der Waals surface area (Å²) in [5.41, 5.74) is 13.1. The van der Waals surface area contributed by atoms with Crippen molar-refractivity contribution in [3.63, 3.8) is 0 Å². The summed E-state index contributed by atoms with van der Waals surface area (Å²) in [6.07, 6.45) is 2.19. The lowest BCUT2D eigenvalue weighted by molar-refractivity contribution is 1.13. The van der Waals surface area contributed by atoms with E-state index in [2.05, 4.69) is 167 Å². The first-order valence-electron chi connectivity index (χ1n) is 17.6. The van der Waals surface area contributed by atoms with Crippen LogP contribution < -0.4 is 0 Å². The number of para-hydroxylation sites is 1. The Kier molecular flexibility index (Phi) is 7.10. The van der Waals surface area contributed by atoms with Crippen LogP contribution in [0.1, 0.15) is 0 Å². The summed E-state index contributed by atoms with van der Waals surface area (Å²) in [6.45, 7) is 0. The summed E-state index contributed by atoms with van der Waals surface area (Å²) >= 11 is 0. The summed E-state index contributed by atoms with van der Waals surface area (Å²) < 4.78 is 4.69. The predicted molar refractivity (Wildman–Crippen MR) is 215 cm³/mol. The first-order valence-corrected chi connectivity index (χ1v) is 17.6. The molecule has 0 aliphatic heterocycles. The molecule has 0 saturated carbocycles. The third-order valence-corrected chi connectivity index (χ3v) is 10.0. The summed E-state index contributed by atoms with van der Waals surface area (Å²) in [6, 6.07) is 66.2. The van der Waals surface area contributed by atoms with Gasteiger partial charge >= 0.3 is 0 Å². The first-order chi connectivity index (χ1) is 25.8. The van der Waals surface area contributed by atoms with E-state index in [9.17, 15) is 0 Å². The van der Waals surface area contributed by atoms with Crippen molar-refractivity contribution in [1.82, 2.24) is 19.1 Å². The highest BCUT2D eigenvalue weighted by molar-refractivity contribution is 6.18. The fraction of sp³-hybridized carbons (Fsp3) is 0. The van der Waals surface area contributed by atoms with Crippen LogP contribution in [0.5, 0.6) is 0 Å². The minimum absolute atomic E-state index is 0.701. The molecule has 4 heteroatoms. The molecule has 0 atom stereocenters. The van der Waals surface area contributed by atoms with Crippen molar-refractivity contribution in [2.75, 3.05) is 0 Å². The summed E-state index contributed by atoms with van der Waals surface area (Å²) in [5, 5.41) is 3.67. The highest BCUT2D eigenvalue weighted by Crippen LogP contribution is 2.38. The van der Waals surface area contributed by atoms with E-state index in [1.807, 2.05) is 36.4 Å². The lowest BCUT2D eigenvalue weighted by atomic mass is 10.1. The average Bonchev–Trinajstić information content (AvgIpc) is 3.82. The van der Waals surface area contributed by atoms with Crippen LogP contribution >= 0.6 is 0 Å². The molecule has 7 aromatic carbocycles. The van der Waals surface area contributed by atoms with Gasteiger partial charge in [-0.15, -0.1) is 0 Å². The van der Waals surface area contributed by atoms with E-state index >= 15 is 0 Å². The minimum atomic E-state index is 0.701. The third-order valence-electron chi connectivity index (χ3n) is 10.0. The fourth-order valence-electron chi connectivity index (χ4n) is 7.46. The van der Waals surface area contributed by atoms with Gasteiger partial charge < -0.3 is 9.13 Å². The maximum absolute atomic E-state index is 5.07. The van der Waals surface area contributed by atoms with E-state index < -0.39 is 0 Å². The van der Waals surface area contributed by atoms with Crippen LogP contribution in [0.25, 0.3) is 89.1 Å². The molecule has 244 valence electrons. The van der Waals surface area contributed by atoms with Gasteiger partial charge in [0.05, 0.1) is 27.9 Å². The van der Waals surface area contributed by atoms with Gasteiger partial charge in [0.25, 0.3) is 0 Å². The predicted octanol–water partition coefficient (Wildman–Crippen LogP) is 12.2. The molecule has 0 unspecified atom stereocenters. The molecular formula is C48H32N4.